The van der Waals surface area contributed by atoms with E-state index >= 15 is 0 Å². The van der Waals surface area contributed by atoms with Crippen molar-refractivity contribution >= 4 is 51.7 Å². The number of fused-ring (bicyclic) bond motifs is 1. The van der Waals surface area contributed by atoms with Crippen LogP contribution < -0.4 is 4.90 Å². The predicted molar refractivity (Wildman–Crippen MR) is 157 cm³/mol. The second-order valence-electron chi connectivity index (χ2n) is 10.9. The van der Waals surface area contributed by atoms with E-state index in [9.17, 15) is 9.59 Å². The van der Waals surface area contributed by atoms with Gasteiger partial charge in [-0.1, -0.05) is 35.3 Å². The molecule has 9 heteroatoms. The van der Waals surface area contributed by atoms with Crippen LogP contribution in [0.25, 0.3) is 11.0 Å². The van der Waals surface area contributed by atoms with Crippen LogP contribution in [0.1, 0.15) is 39.0 Å². The summed E-state index contributed by atoms with van der Waals surface area (Å²) in [6, 6.07) is 13.7. The zero-order chi connectivity index (χ0) is 27.4. The van der Waals surface area contributed by atoms with E-state index in [0.717, 1.165) is 56.6 Å². The second kappa shape index (κ2) is 12.7. The van der Waals surface area contributed by atoms with Crippen LogP contribution in [-0.4, -0.2) is 70.4 Å². The summed E-state index contributed by atoms with van der Waals surface area (Å²) in [4.78, 5) is 36.2. The largest absolute Gasteiger partial charge is 0.343 e. The number of carbonyl (C=O) groups is 2. The summed E-state index contributed by atoms with van der Waals surface area (Å²) in [6.45, 7) is 7.58. The first-order valence-corrected chi connectivity index (χ1v) is 14.8. The first-order valence-electron chi connectivity index (χ1n) is 14.0. The molecule has 2 saturated heterocycles. The third-order valence-electron chi connectivity index (χ3n) is 8.32. The number of amides is 2. The van der Waals surface area contributed by atoms with Gasteiger partial charge in [-0.3, -0.25) is 9.59 Å². The molecule has 0 saturated carbocycles. The van der Waals surface area contributed by atoms with Crippen molar-refractivity contribution in [1.82, 2.24) is 19.4 Å². The fourth-order valence-corrected chi connectivity index (χ4v) is 6.25. The molecular formula is C30H37Cl2N5O2. The van der Waals surface area contributed by atoms with Gasteiger partial charge < -0.3 is 19.3 Å². The van der Waals surface area contributed by atoms with Crippen LogP contribution in [0.2, 0.25) is 10.0 Å². The van der Waals surface area contributed by atoms with Gasteiger partial charge in [-0.15, -0.1) is 0 Å². The standard InChI is InChI=1S/C30H37Cl2N5O2/c1-22(38)35-17-11-24(12-18-35)30(39)37(25-7-8-26(31)27(32)19-25)14-4-13-34-15-9-23(10-16-34)20-36-21-33-28-5-2-3-6-29(28)36/h2-3,5-8,19,21,23-24H,4,9-18,20H2,1H3. The van der Waals surface area contributed by atoms with Crippen LogP contribution in [-0.2, 0) is 16.1 Å². The lowest BCUT2D eigenvalue weighted by Gasteiger charge is -2.35. The van der Waals surface area contributed by atoms with Gasteiger partial charge in [0, 0.05) is 44.7 Å². The first kappa shape index (κ1) is 27.9. The number of carbonyl (C=O) groups excluding carboxylic acids is 2. The number of hydrogen-bond donors (Lipinski definition) is 0. The van der Waals surface area contributed by atoms with E-state index in [1.807, 2.05) is 28.3 Å². The number of aromatic nitrogens is 2. The molecule has 3 aromatic rings. The molecule has 0 N–H and O–H groups in total. The zero-order valence-electron chi connectivity index (χ0n) is 22.6. The van der Waals surface area contributed by atoms with Gasteiger partial charge in [-0.25, -0.2) is 4.98 Å². The SMILES string of the molecule is CC(=O)N1CCC(C(=O)N(CCCN2CCC(Cn3cnc4ccccc43)CC2)c2ccc(Cl)c(Cl)c2)CC1. The number of rotatable bonds is 8. The topological polar surface area (TPSA) is 61.7 Å². The number of para-hydroxylation sites is 2. The van der Waals surface area contributed by atoms with Gasteiger partial charge in [0.25, 0.3) is 0 Å². The van der Waals surface area contributed by atoms with E-state index in [4.69, 9.17) is 23.2 Å². The van der Waals surface area contributed by atoms with E-state index in [0.29, 0.717) is 48.4 Å². The van der Waals surface area contributed by atoms with Crippen LogP contribution in [0.4, 0.5) is 5.69 Å². The number of hydrogen-bond acceptors (Lipinski definition) is 4. The van der Waals surface area contributed by atoms with Crippen LogP contribution in [0.5, 0.6) is 0 Å². The van der Waals surface area contributed by atoms with Gasteiger partial charge in [0.2, 0.25) is 11.8 Å². The van der Waals surface area contributed by atoms with Crippen molar-refractivity contribution in [2.24, 2.45) is 11.8 Å². The van der Waals surface area contributed by atoms with Crippen LogP contribution in [0, 0.1) is 11.8 Å². The molecule has 2 amide bonds. The average Bonchev–Trinajstić information content (AvgIpc) is 3.36. The quantitative estimate of drug-likeness (QED) is 0.347. The van der Waals surface area contributed by atoms with Crippen LogP contribution in [0.3, 0.4) is 0 Å². The van der Waals surface area contributed by atoms with Gasteiger partial charge in [-0.05, 0) is 88.0 Å². The normalized spacial score (nSPS) is 17.6. The molecule has 0 unspecified atom stereocenters. The summed E-state index contributed by atoms with van der Waals surface area (Å²) in [7, 11) is 0. The molecule has 0 spiro atoms. The predicted octanol–water partition coefficient (Wildman–Crippen LogP) is 5.74. The third kappa shape index (κ3) is 6.76. The molecule has 2 aliphatic rings. The molecule has 0 bridgehead atoms. The lowest BCUT2D eigenvalue weighted by Crippen LogP contribution is -2.45. The van der Waals surface area contributed by atoms with Gasteiger partial charge >= 0.3 is 0 Å². The summed E-state index contributed by atoms with van der Waals surface area (Å²) in [6.07, 6.45) is 6.56. The number of likely N-dealkylation sites (tertiary alicyclic amines) is 2. The fourth-order valence-electron chi connectivity index (χ4n) is 5.96. The Morgan fingerprint density at radius 1 is 0.974 bits per heavy atom. The van der Waals surface area contributed by atoms with Crippen LogP contribution in [0.15, 0.2) is 48.8 Å². The van der Waals surface area contributed by atoms with E-state index in [1.165, 1.54) is 5.52 Å². The fraction of sp³-hybridized carbons (Fsp3) is 0.500. The van der Waals surface area contributed by atoms with Crippen molar-refractivity contribution in [2.45, 2.75) is 45.6 Å². The van der Waals surface area contributed by atoms with Crippen molar-refractivity contribution in [3.63, 3.8) is 0 Å². The second-order valence-corrected chi connectivity index (χ2v) is 11.7. The Kier molecular flexibility index (Phi) is 9.10. The molecule has 1 aromatic heterocycles. The monoisotopic (exact) mass is 569 g/mol. The molecule has 0 radical (unpaired) electrons. The van der Waals surface area contributed by atoms with Crippen molar-refractivity contribution in [3.05, 3.63) is 58.8 Å². The number of benzene rings is 2. The smallest absolute Gasteiger partial charge is 0.230 e. The minimum atomic E-state index is -0.0925. The molecule has 3 heterocycles. The molecule has 0 atom stereocenters. The van der Waals surface area contributed by atoms with Gasteiger partial charge in [-0.2, -0.15) is 0 Å². The number of imidazole rings is 1. The summed E-state index contributed by atoms with van der Waals surface area (Å²) < 4.78 is 2.29. The lowest BCUT2D eigenvalue weighted by atomic mass is 9.94. The molecule has 7 nitrogen and oxygen atoms in total. The molecule has 5 rings (SSSR count). The highest BCUT2D eigenvalue weighted by atomic mass is 35.5. The maximum atomic E-state index is 13.7. The van der Waals surface area contributed by atoms with Crippen LogP contribution >= 0.6 is 23.2 Å². The molecule has 0 aliphatic carbocycles. The summed E-state index contributed by atoms with van der Waals surface area (Å²) in [5, 5.41) is 0.931. The number of nitrogens with zero attached hydrogens (tertiary/aromatic N) is 5. The molecule has 2 aliphatic heterocycles. The number of halogens is 2. The third-order valence-corrected chi connectivity index (χ3v) is 9.05. The van der Waals surface area contributed by atoms with Gasteiger partial charge in [0.1, 0.15) is 0 Å². The first-order chi connectivity index (χ1) is 18.9. The Bertz CT molecular complexity index is 1300. The highest BCUT2D eigenvalue weighted by Gasteiger charge is 2.30. The molecule has 39 heavy (non-hydrogen) atoms. The van der Waals surface area contributed by atoms with Gasteiger partial charge in [0.15, 0.2) is 0 Å². The maximum absolute atomic E-state index is 13.7. The Balaban J connectivity index is 1.15. The van der Waals surface area contributed by atoms with E-state index in [1.54, 1.807) is 19.1 Å². The van der Waals surface area contributed by atoms with Crippen molar-refractivity contribution in [3.8, 4) is 0 Å². The summed E-state index contributed by atoms with van der Waals surface area (Å²) in [5.41, 5.74) is 3.05. The Morgan fingerprint density at radius 2 is 1.72 bits per heavy atom. The van der Waals surface area contributed by atoms with Gasteiger partial charge in [0.05, 0.1) is 27.4 Å². The van der Waals surface area contributed by atoms with Crippen molar-refractivity contribution < 1.29 is 9.59 Å². The zero-order valence-corrected chi connectivity index (χ0v) is 24.1. The minimum absolute atomic E-state index is 0.0735. The maximum Gasteiger partial charge on any atom is 0.230 e. The molecule has 2 fully saturated rings. The minimum Gasteiger partial charge on any atom is -0.343 e. The van der Waals surface area contributed by atoms with E-state index in [2.05, 4.69) is 32.7 Å². The Hall–Kier alpha value is -2.61. The Labute approximate surface area is 240 Å². The molecular weight excluding hydrogens is 533 g/mol. The summed E-state index contributed by atoms with van der Waals surface area (Å²) >= 11 is 12.5. The van der Waals surface area contributed by atoms with Crippen molar-refractivity contribution in [2.75, 3.05) is 44.2 Å². The Morgan fingerprint density at radius 3 is 2.44 bits per heavy atom. The number of anilines is 1. The average molecular weight is 571 g/mol. The molecule has 208 valence electrons. The highest BCUT2D eigenvalue weighted by molar-refractivity contribution is 6.42. The van der Waals surface area contributed by atoms with Crippen molar-refractivity contribution in [1.29, 1.82) is 0 Å². The molecule has 2 aromatic carbocycles. The van der Waals surface area contributed by atoms with E-state index in [-0.39, 0.29) is 17.7 Å². The van der Waals surface area contributed by atoms with E-state index < -0.39 is 0 Å². The lowest BCUT2D eigenvalue weighted by molar-refractivity contribution is -0.133. The summed E-state index contributed by atoms with van der Waals surface area (Å²) in [5.74, 6) is 0.742. The highest BCUT2D eigenvalue weighted by Crippen LogP contribution is 2.30. The number of piperidine rings is 2.